The van der Waals surface area contributed by atoms with Crippen LogP contribution in [-0.4, -0.2) is 21.2 Å². The Morgan fingerprint density at radius 1 is 1.15 bits per heavy atom. The molecule has 34 heavy (non-hydrogen) atoms. The molecule has 0 saturated heterocycles. The summed E-state index contributed by atoms with van der Waals surface area (Å²) in [4.78, 5) is 33.4. The zero-order chi connectivity index (χ0) is 23.8. The van der Waals surface area contributed by atoms with Gasteiger partial charge in [-0.1, -0.05) is 41.0 Å². The predicted molar refractivity (Wildman–Crippen MR) is 142 cm³/mol. The minimum absolute atomic E-state index is 0.102. The fourth-order valence-electron chi connectivity index (χ4n) is 4.19. The Morgan fingerprint density at radius 2 is 1.91 bits per heavy atom. The molecule has 0 fully saturated rings. The van der Waals surface area contributed by atoms with Crippen LogP contribution in [0.3, 0.4) is 0 Å². The maximum atomic E-state index is 13.9. The summed E-state index contributed by atoms with van der Waals surface area (Å²) >= 11 is 15.2. The number of carbonyl (C=O) groups excluding carboxylic acids is 1. The molecule has 5 nitrogen and oxygen atoms in total. The number of aryl methyl sites for hydroxylation is 2. The molecule has 5 rings (SSSR count). The first kappa shape index (κ1) is 23.4. The summed E-state index contributed by atoms with van der Waals surface area (Å²) < 4.78 is 1.62. The van der Waals surface area contributed by atoms with Gasteiger partial charge in [-0.15, -0.1) is 11.3 Å². The van der Waals surface area contributed by atoms with E-state index in [0.717, 1.165) is 41.6 Å². The highest BCUT2D eigenvalue weighted by Crippen LogP contribution is 2.36. The van der Waals surface area contributed by atoms with Crippen molar-refractivity contribution in [1.29, 1.82) is 0 Å². The second-order valence-electron chi connectivity index (χ2n) is 8.15. The highest BCUT2D eigenvalue weighted by Gasteiger charge is 2.24. The van der Waals surface area contributed by atoms with Crippen molar-refractivity contribution in [1.82, 2.24) is 9.55 Å². The van der Waals surface area contributed by atoms with Gasteiger partial charge in [-0.25, -0.2) is 4.98 Å². The number of nitrogens with one attached hydrogen (secondary N) is 1. The minimum atomic E-state index is -0.193. The smallest absolute Gasteiger partial charge is 0.267 e. The maximum Gasteiger partial charge on any atom is 0.267 e. The summed E-state index contributed by atoms with van der Waals surface area (Å²) in [6.07, 6.45) is 4.10. The van der Waals surface area contributed by atoms with E-state index in [2.05, 4.69) is 5.32 Å². The van der Waals surface area contributed by atoms with E-state index in [-0.39, 0.29) is 17.2 Å². The van der Waals surface area contributed by atoms with E-state index >= 15 is 0 Å². The minimum Gasteiger partial charge on any atom is -0.325 e. The van der Waals surface area contributed by atoms with Crippen LogP contribution in [-0.2, 0) is 17.6 Å². The van der Waals surface area contributed by atoms with Crippen LogP contribution < -0.4 is 10.9 Å². The Morgan fingerprint density at radius 3 is 2.71 bits per heavy atom. The second-order valence-corrected chi connectivity index (χ2v) is 11.0. The fraction of sp³-hybridized carbons (Fsp3) is 0.240. The molecule has 1 aliphatic rings. The zero-order valence-corrected chi connectivity index (χ0v) is 21.5. The Labute approximate surface area is 215 Å². The van der Waals surface area contributed by atoms with Gasteiger partial charge in [-0.3, -0.25) is 14.2 Å². The topological polar surface area (TPSA) is 64.0 Å². The van der Waals surface area contributed by atoms with E-state index in [9.17, 15) is 9.59 Å². The first-order chi connectivity index (χ1) is 16.4. The molecule has 2 aromatic heterocycles. The van der Waals surface area contributed by atoms with Crippen molar-refractivity contribution in [2.24, 2.45) is 0 Å². The summed E-state index contributed by atoms with van der Waals surface area (Å²) in [6.45, 7) is 1.89. The quantitative estimate of drug-likeness (QED) is 0.231. The van der Waals surface area contributed by atoms with Crippen LogP contribution in [0.1, 0.15) is 28.8 Å². The van der Waals surface area contributed by atoms with Gasteiger partial charge in [0.2, 0.25) is 5.91 Å². The van der Waals surface area contributed by atoms with Crippen LogP contribution in [0.2, 0.25) is 10.0 Å². The molecule has 0 saturated carbocycles. The van der Waals surface area contributed by atoms with Gasteiger partial charge in [-0.05, 0) is 80.1 Å². The highest BCUT2D eigenvalue weighted by molar-refractivity contribution is 7.99. The number of hydrogen-bond acceptors (Lipinski definition) is 5. The largest absolute Gasteiger partial charge is 0.325 e. The third-order valence-corrected chi connectivity index (χ3v) is 8.68. The van der Waals surface area contributed by atoms with E-state index in [0.29, 0.717) is 32.0 Å². The van der Waals surface area contributed by atoms with Crippen LogP contribution in [0.5, 0.6) is 0 Å². The average molecular weight is 531 g/mol. The molecule has 2 heterocycles. The molecule has 9 heteroatoms. The fourth-order valence-corrected chi connectivity index (χ4v) is 6.60. The van der Waals surface area contributed by atoms with Gasteiger partial charge < -0.3 is 5.32 Å². The number of thioether (sulfide) groups is 1. The molecule has 1 aliphatic carbocycles. The van der Waals surface area contributed by atoms with Crippen LogP contribution in [0.15, 0.2) is 52.4 Å². The zero-order valence-electron chi connectivity index (χ0n) is 18.4. The molecule has 0 bridgehead atoms. The Bertz CT molecular complexity index is 1460. The number of thiophene rings is 1. The monoisotopic (exact) mass is 529 g/mol. The van der Waals surface area contributed by atoms with Crippen molar-refractivity contribution in [2.45, 2.75) is 37.8 Å². The van der Waals surface area contributed by atoms with Gasteiger partial charge in [0.25, 0.3) is 5.56 Å². The molecule has 1 amide bonds. The summed E-state index contributed by atoms with van der Waals surface area (Å²) in [7, 11) is 0. The number of fused-ring (bicyclic) bond motifs is 3. The van der Waals surface area contributed by atoms with E-state index in [1.807, 2.05) is 19.1 Å². The molecule has 0 radical (unpaired) electrons. The first-order valence-electron chi connectivity index (χ1n) is 10.9. The summed E-state index contributed by atoms with van der Waals surface area (Å²) in [5.41, 5.74) is 3.17. The number of halogens is 2. The highest BCUT2D eigenvalue weighted by atomic mass is 35.5. The number of nitrogens with zero attached hydrogens (tertiary/aromatic N) is 2. The lowest BCUT2D eigenvalue weighted by atomic mass is 9.97. The van der Waals surface area contributed by atoms with Gasteiger partial charge in [0, 0.05) is 20.6 Å². The van der Waals surface area contributed by atoms with E-state index in [1.165, 1.54) is 16.6 Å². The van der Waals surface area contributed by atoms with E-state index < -0.39 is 0 Å². The molecule has 2 aromatic carbocycles. The van der Waals surface area contributed by atoms with Crippen molar-refractivity contribution in [2.75, 3.05) is 11.1 Å². The number of rotatable bonds is 5. The van der Waals surface area contributed by atoms with Crippen molar-refractivity contribution in [3.05, 3.63) is 78.9 Å². The molecule has 4 aromatic rings. The maximum absolute atomic E-state index is 13.9. The van der Waals surface area contributed by atoms with Gasteiger partial charge in [0.05, 0.1) is 16.8 Å². The molecular weight excluding hydrogens is 509 g/mol. The number of benzene rings is 2. The van der Waals surface area contributed by atoms with E-state index in [1.54, 1.807) is 46.2 Å². The Balaban J connectivity index is 1.55. The number of hydrogen-bond donors (Lipinski definition) is 1. The third kappa shape index (κ3) is 4.50. The molecule has 0 spiro atoms. The number of carbonyl (C=O) groups is 1. The molecule has 0 aliphatic heterocycles. The standard InChI is InChI=1S/C25H21Cl2N3O2S2/c1-14-18(27)6-4-7-19(14)30-24(32)22-17-5-2-3-8-20(17)34-23(22)29-25(30)33-13-21(31)28-16-11-9-15(26)10-12-16/h4,6-7,9-12H,2-3,5,8,13H2,1H3,(H,28,31). The van der Waals surface area contributed by atoms with Gasteiger partial charge in [-0.2, -0.15) is 0 Å². The van der Waals surface area contributed by atoms with Crippen molar-refractivity contribution < 1.29 is 4.79 Å². The second kappa shape index (κ2) is 9.74. The molecule has 1 N–H and O–H groups in total. The lowest BCUT2D eigenvalue weighted by molar-refractivity contribution is -0.113. The molecular formula is C25H21Cl2N3O2S2. The lowest BCUT2D eigenvalue weighted by Gasteiger charge is -2.16. The average Bonchev–Trinajstić information content (AvgIpc) is 3.20. The lowest BCUT2D eigenvalue weighted by Crippen LogP contribution is -2.24. The van der Waals surface area contributed by atoms with Crippen molar-refractivity contribution in [3.8, 4) is 5.69 Å². The first-order valence-corrected chi connectivity index (χ1v) is 13.5. The SMILES string of the molecule is Cc1c(Cl)cccc1-n1c(SCC(=O)Nc2ccc(Cl)cc2)nc2sc3c(c2c1=O)CCCC3. The number of aromatic nitrogens is 2. The van der Waals surface area contributed by atoms with Crippen molar-refractivity contribution in [3.63, 3.8) is 0 Å². The van der Waals surface area contributed by atoms with E-state index in [4.69, 9.17) is 28.2 Å². The summed E-state index contributed by atoms with van der Waals surface area (Å²) in [5.74, 6) is -0.0906. The summed E-state index contributed by atoms with van der Waals surface area (Å²) in [6, 6.07) is 12.4. The molecule has 0 unspecified atom stereocenters. The Kier molecular flexibility index (Phi) is 6.71. The van der Waals surface area contributed by atoms with Crippen molar-refractivity contribution >= 4 is 68.1 Å². The molecule has 0 atom stereocenters. The van der Waals surface area contributed by atoms with Gasteiger partial charge in [0.1, 0.15) is 4.83 Å². The molecule has 174 valence electrons. The van der Waals surface area contributed by atoms with Crippen LogP contribution in [0.4, 0.5) is 5.69 Å². The van der Waals surface area contributed by atoms with Crippen LogP contribution in [0, 0.1) is 6.92 Å². The summed E-state index contributed by atoms with van der Waals surface area (Å²) in [5, 5.41) is 5.22. The Hall–Kier alpha value is -2.32. The number of anilines is 1. The van der Waals surface area contributed by atoms with Gasteiger partial charge in [0.15, 0.2) is 5.16 Å². The normalized spacial score (nSPS) is 13.1. The van der Waals surface area contributed by atoms with Crippen LogP contribution >= 0.6 is 46.3 Å². The third-order valence-electron chi connectivity index (χ3n) is 5.90. The van der Waals surface area contributed by atoms with Gasteiger partial charge >= 0.3 is 0 Å². The predicted octanol–water partition coefficient (Wildman–Crippen LogP) is 6.67. The van der Waals surface area contributed by atoms with Crippen LogP contribution in [0.25, 0.3) is 15.9 Å². The number of amides is 1.